The zero-order chi connectivity index (χ0) is 73.0. The van der Waals surface area contributed by atoms with Crippen molar-refractivity contribution < 1.29 is 63.0 Å². The molecule has 5 aliphatic rings. The highest BCUT2D eigenvalue weighted by Crippen LogP contribution is 2.31. The third kappa shape index (κ3) is 24.5. The van der Waals surface area contributed by atoms with Gasteiger partial charge < -0.3 is 59.2 Å². The number of rotatable bonds is 2. The van der Waals surface area contributed by atoms with E-state index in [-0.39, 0.29) is 37.1 Å². The van der Waals surface area contributed by atoms with Crippen LogP contribution >= 0.6 is 0 Å². The van der Waals surface area contributed by atoms with Crippen LogP contribution in [0.3, 0.4) is 0 Å². The van der Waals surface area contributed by atoms with E-state index in [1.807, 2.05) is 132 Å². The van der Waals surface area contributed by atoms with E-state index in [2.05, 4.69) is 63.3 Å². The second kappa shape index (κ2) is 36.2. The van der Waals surface area contributed by atoms with Gasteiger partial charge in [0, 0.05) is 52.4 Å². The highest BCUT2D eigenvalue weighted by atomic mass is 16.6. The van der Waals surface area contributed by atoms with E-state index in [0.29, 0.717) is 37.7 Å². The van der Waals surface area contributed by atoms with E-state index in [9.17, 15) is 34.5 Å². The molecule has 5 heterocycles. The summed E-state index contributed by atoms with van der Waals surface area (Å²) in [5.41, 5.74) is 21.1. The number of aromatic hydroxyl groups is 2. The standard InChI is InChI=1S/C18H27NO2.C17H25NO3.C17H25NO2.C16H23NO3.C11H15NO.CO2/c1-6-14-7-8-15-9-11-19(12-10-16(15)13(14)2)17(20)21-18(3,4)5;1-12-14(11-19)6-5-13-7-9-18(10-8-15(12)13)16(20)21-17(2,3)4;1-12-6-7-14-8-10-18(11-9-15(14)13(12)2)16(19)20-17(3,4)5;1-11-13-8-10-17(15(19)20-16(2,3)4)9-7-12(13)5-6-14(11)18;1-8-10-5-7-12-6-4-9(10)2-3-11(8)13;2-1-3/h7-8H,6,9-12H2,1-5H3;5-6,19H,7-11H2,1-4H3;6-7H,8-11H2,1-5H3;5-6,18H,7-10H2,1-4H3;2-3,12-13H,4-7H2,1H3;. The molecule has 0 atom stereocenters. The molecule has 18 heteroatoms. The second-order valence-corrected chi connectivity index (χ2v) is 30.0. The minimum Gasteiger partial charge on any atom is -0.508 e. The summed E-state index contributed by atoms with van der Waals surface area (Å²) in [6.07, 6.45) is 9.43. The van der Waals surface area contributed by atoms with E-state index < -0.39 is 22.4 Å². The predicted molar refractivity (Wildman–Crippen MR) is 385 cm³/mol. The first kappa shape index (κ1) is 80.8. The predicted octanol–water partition coefficient (Wildman–Crippen LogP) is 14.2. The van der Waals surface area contributed by atoms with E-state index in [1.54, 1.807) is 21.9 Å². The molecule has 0 spiro atoms. The molecule has 4 N–H and O–H groups in total. The molecule has 0 fully saturated rings. The van der Waals surface area contributed by atoms with Gasteiger partial charge in [0.05, 0.1) is 6.61 Å². The lowest BCUT2D eigenvalue weighted by atomic mass is 9.93. The zero-order valence-electron chi connectivity index (χ0n) is 62.5. The smallest absolute Gasteiger partial charge is 0.410 e. The van der Waals surface area contributed by atoms with Crippen molar-refractivity contribution in [3.05, 3.63) is 161 Å². The second-order valence-electron chi connectivity index (χ2n) is 30.0. The molecular formula is C80H115N5O13. The molecule has 0 saturated heterocycles. The van der Waals surface area contributed by atoms with Gasteiger partial charge in [-0.3, -0.25) is 0 Å². The number of carbonyl (C=O) groups excluding carboxylic acids is 6. The number of nitrogens with one attached hydrogen (secondary N) is 1. The van der Waals surface area contributed by atoms with Crippen molar-refractivity contribution in [1.82, 2.24) is 24.9 Å². The van der Waals surface area contributed by atoms with Crippen molar-refractivity contribution in [3.63, 3.8) is 0 Å². The number of hydrogen-bond donors (Lipinski definition) is 4. The largest absolute Gasteiger partial charge is 0.508 e. The highest BCUT2D eigenvalue weighted by molar-refractivity contribution is 5.70. The summed E-state index contributed by atoms with van der Waals surface area (Å²) >= 11 is 0. The number of carbonyl (C=O) groups is 4. The van der Waals surface area contributed by atoms with Crippen LogP contribution in [0.4, 0.5) is 19.2 Å². The van der Waals surface area contributed by atoms with Crippen LogP contribution in [0.25, 0.3) is 0 Å². The van der Waals surface area contributed by atoms with Gasteiger partial charge in [-0.15, -0.1) is 0 Å². The van der Waals surface area contributed by atoms with Crippen LogP contribution in [-0.2, 0) is 106 Å². The molecule has 5 aliphatic heterocycles. The Morgan fingerprint density at radius 3 is 0.990 bits per heavy atom. The van der Waals surface area contributed by atoms with Crippen molar-refractivity contribution in [1.29, 1.82) is 0 Å². The van der Waals surface area contributed by atoms with Gasteiger partial charge in [-0.25, -0.2) is 19.2 Å². The first-order valence-corrected chi connectivity index (χ1v) is 35.0. The number of aliphatic hydroxyl groups is 1. The number of aliphatic hydroxyl groups excluding tert-OH is 1. The van der Waals surface area contributed by atoms with Crippen LogP contribution in [0.2, 0.25) is 0 Å². The zero-order valence-corrected chi connectivity index (χ0v) is 62.5. The fourth-order valence-corrected chi connectivity index (χ4v) is 12.8. The van der Waals surface area contributed by atoms with Crippen LogP contribution in [0.15, 0.2) is 60.7 Å². The Balaban J connectivity index is 0.000000220. The molecule has 0 radical (unpaired) electrons. The molecule has 0 aliphatic carbocycles. The third-order valence-corrected chi connectivity index (χ3v) is 18.3. The quantitative estimate of drug-likeness (QED) is 0.121. The third-order valence-electron chi connectivity index (χ3n) is 18.3. The van der Waals surface area contributed by atoms with E-state index in [0.717, 1.165) is 138 Å². The summed E-state index contributed by atoms with van der Waals surface area (Å²) in [4.78, 5) is 72.2. The molecule has 0 unspecified atom stereocenters. The summed E-state index contributed by atoms with van der Waals surface area (Å²) in [5.74, 6) is 0.759. The van der Waals surface area contributed by atoms with Crippen LogP contribution < -0.4 is 5.32 Å². The number of phenolic OH excluding ortho intramolecular Hbond substituents is 2. The van der Waals surface area contributed by atoms with Crippen LogP contribution in [0.5, 0.6) is 11.5 Å². The van der Waals surface area contributed by atoms with Crippen molar-refractivity contribution >= 4 is 30.5 Å². The Labute approximate surface area is 584 Å². The fourth-order valence-electron chi connectivity index (χ4n) is 12.8. The molecule has 0 saturated carbocycles. The summed E-state index contributed by atoms with van der Waals surface area (Å²) in [5, 5.41) is 32.1. The Morgan fingerprint density at radius 2 is 0.653 bits per heavy atom. The monoisotopic (exact) mass is 1350 g/mol. The maximum atomic E-state index is 12.2. The summed E-state index contributed by atoms with van der Waals surface area (Å²) in [6, 6.07) is 20.5. The number of amides is 4. The van der Waals surface area contributed by atoms with Gasteiger partial charge in [0.1, 0.15) is 33.9 Å². The molecule has 4 amide bonds. The maximum absolute atomic E-state index is 12.2. The Morgan fingerprint density at radius 1 is 0.388 bits per heavy atom. The van der Waals surface area contributed by atoms with E-state index >= 15 is 0 Å². The highest BCUT2D eigenvalue weighted by Gasteiger charge is 2.30. The van der Waals surface area contributed by atoms with E-state index in [1.165, 1.54) is 72.3 Å². The summed E-state index contributed by atoms with van der Waals surface area (Å²) in [7, 11) is 0. The Kier molecular flexibility index (Phi) is 29.9. The summed E-state index contributed by atoms with van der Waals surface area (Å²) < 4.78 is 21.8. The molecule has 5 aromatic rings. The van der Waals surface area contributed by atoms with Gasteiger partial charge >= 0.3 is 30.5 Å². The molecule has 538 valence electrons. The minimum atomic E-state index is -0.468. The summed E-state index contributed by atoms with van der Waals surface area (Å²) in [6.45, 7) is 45.2. The number of benzene rings is 5. The fraction of sp³-hybridized carbons (Fsp3) is 0.562. The van der Waals surface area contributed by atoms with Crippen molar-refractivity contribution in [3.8, 4) is 11.5 Å². The molecule has 18 nitrogen and oxygen atoms in total. The van der Waals surface area contributed by atoms with Crippen LogP contribution in [0, 0.1) is 41.5 Å². The average molecular weight is 1350 g/mol. The van der Waals surface area contributed by atoms with Gasteiger partial charge in [0.25, 0.3) is 0 Å². The Hall–Kier alpha value is -7.92. The lowest BCUT2D eigenvalue weighted by Gasteiger charge is -2.26. The first-order chi connectivity index (χ1) is 45.9. The molecule has 10 rings (SSSR count). The molecule has 0 aromatic heterocycles. The molecule has 0 bridgehead atoms. The number of aryl methyl sites for hydroxylation is 2. The molecule has 5 aromatic carbocycles. The number of hydrogen-bond acceptors (Lipinski definition) is 14. The van der Waals surface area contributed by atoms with Gasteiger partial charge in [-0.2, -0.15) is 9.59 Å². The maximum Gasteiger partial charge on any atom is 0.410 e. The molecule has 98 heavy (non-hydrogen) atoms. The van der Waals surface area contributed by atoms with Crippen molar-refractivity contribution in [2.24, 2.45) is 0 Å². The minimum absolute atomic E-state index is 0.0644. The lowest BCUT2D eigenvalue weighted by molar-refractivity contribution is -0.191. The van der Waals surface area contributed by atoms with Gasteiger partial charge in [-0.1, -0.05) is 55.5 Å². The SMILES string of the molecule is CCc1ccc2c(c1C)CCN(C(=O)OC(C)(C)C)CC2.Cc1c(CO)ccc2c1CCN(C(=O)OC(C)(C)C)CC2.Cc1c(O)ccc2c1CCN(C(=O)OC(C)(C)C)CC2.Cc1c(O)ccc2c1CCNCC2.Cc1ccc2c(c1C)CCN(C(=O)OC(C)(C)C)CC2.O=C=O. The van der Waals surface area contributed by atoms with Crippen LogP contribution in [0.1, 0.15) is 190 Å². The van der Waals surface area contributed by atoms with Gasteiger partial charge in [-0.05, 0) is 321 Å². The number of fused-ring (bicyclic) bond motifs is 5. The lowest BCUT2D eigenvalue weighted by Crippen LogP contribution is -2.38. The number of nitrogens with zero attached hydrogens (tertiary/aromatic N) is 4. The topological polar surface area (TPSA) is 225 Å². The first-order valence-electron chi connectivity index (χ1n) is 35.0. The Bertz CT molecular complexity index is 3370. The van der Waals surface area contributed by atoms with Crippen LogP contribution in [-0.4, -0.2) is 153 Å². The van der Waals surface area contributed by atoms with Crippen molar-refractivity contribution in [2.75, 3.05) is 65.4 Å². The average Bonchev–Trinajstić information content (AvgIpc) is 1.59. The van der Waals surface area contributed by atoms with Gasteiger partial charge in [0.2, 0.25) is 0 Å². The van der Waals surface area contributed by atoms with Gasteiger partial charge in [0.15, 0.2) is 0 Å². The number of phenols is 2. The van der Waals surface area contributed by atoms with E-state index in [4.69, 9.17) is 28.5 Å². The molecular weight excluding hydrogens is 1240 g/mol. The number of ether oxygens (including phenoxy) is 4. The normalized spacial score (nSPS) is 15.2. The van der Waals surface area contributed by atoms with Crippen molar-refractivity contribution in [2.45, 2.75) is 231 Å².